The second-order valence-corrected chi connectivity index (χ2v) is 5.27. The largest absolute Gasteiger partial charge is 0.508 e. The van der Waals surface area contributed by atoms with Crippen molar-refractivity contribution in [2.45, 2.75) is 19.4 Å². The molecule has 1 heterocycles. The quantitative estimate of drug-likeness (QED) is 0.898. The van der Waals surface area contributed by atoms with Crippen molar-refractivity contribution in [2.24, 2.45) is 5.16 Å². The first-order valence-corrected chi connectivity index (χ1v) is 6.80. The van der Waals surface area contributed by atoms with E-state index in [0.717, 1.165) is 22.4 Å². The van der Waals surface area contributed by atoms with Gasteiger partial charge >= 0.3 is 0 Å². The van der Waals surface area contributed by atoms with E-state index in [9.17, 15) is 5.11 Å². The van der Waals surface area contributed by atoms with E-state index in [2.05, 4.69) is 5.16 Å². The molecule has 1 atom stereocenters. The number of rotatable bonds is 2. The summed E-state index contributed by atoms with van der Waals surface area (Å²) in [6, 6.07) is 13.1. The molecule has 0 fully saturated rings. The molecule has 20 heavy (non-hydrogen) atoms. The Bertz CT molecular complexity index is 682. The molecule has 0 radical (unpaired) electrons. The van der Waals surface area contributed by atoms with Crippen LogP contribution in [0.15, 0.2) is 47.6 Å². The third kappa shape index (κ3) is 2.37. The molecule has 0 saturated carbocycles. The molecule has 1 aliphatic rings. The molecule has 1 aliphatic heterocycles. The van der Waals surface area contributed by atoms with Crippen LogP contribution in [0.2, 0.25) is 5.02 Å². The Kier molecular flexibility index (Phi) is 3.36. The van der Waals surface area contributed by atoms with E-state index in [1.54, 1.807) is 6.07 Å². The normalized spacial score (nSPS) is 17.7. The molecule has 1 unspecified atom stereocenters. The van der Waals surface area contributed by atoms with Gasteiger partial charge in [-0.25, -0.2) is 0 Å². The van der Waals surface area contributed by atoms with Crippen molar-refractivity contribution in [3.05, 3.63) is 64.2 Å². The fourth-order valence-corrected chi connectivity index (χ4v) is 2.54. The second kappa shape index (κ2) is 5.17. The SMILES string of the molecule is Cc1cc(C2=NOC(c3ccccc3Cl)C2)ccc1O. The predicted molar refractivity (Wildman–Crippen MR) is 79.3 cm³/mol. The Morgan fingerprint density at radius 2 is 2.05 bits per heavy atom. The maximum absolute atomic E-state index is 9.56. The van der Waals surface area contributed by atoms with Crippen LogP contribution in [0.4, 0.5) is 0 Å². The van der Waals surface area contributed by atoms with Crippen LogP contribution in [0.3, 0.4) is 0 Å². The van der Waals surface area contributed by atoms with Gasteiger partial charge in [0.15, 0.2) is 6.10 Å². The third-order valence-electron chi connectivity index (χ3n) is 3.45. The van der Waals surface area contributed by atoms with Gasteiger partial charge < -0.3 is 9.94 Å². The van der Waals surface area contributed by atoms with Gasteiger partial charge in [0.05, 0.1) is 5.71 Å². The molecule has 0 aromatic heterocycles. The van der Waals surface area contributed by atoms with Crippen LogP contribution in [0, 0.1) is 6.92 Å². The lowest BCUT2D eigenvalue weighted by molar-refractivity contribution is 0.0858. The number of phenolic OH excluding ortho intramolecular Hbond substituents is 1. The monoisotopic (exact) mass is 287 g/mol. The van der Waals surface area contributed by atoms with Gasteiger partial charge in [-0.05, 0) is 42.3 Å². The first-order valence-electron chi connectivity index (χ1n) is 6.42. The molecule has 0 bridgehead atoms. The molecule has 0 spiro atoms. The van der Waals surface area contributed by atoms with Gasteiger partial charge in [-0.1, -0.05) is 35.0 Å². The van der Waals surface area contributed by atoms with Crippen molar-refractivity contribution >= 4 is 17.3 Å². The van der Waals surface area contributed by atoms with Crippen LogP contribution in [0.25, 0.3) is 0 Å². The lowest BCUT2D eigenvalue weighted by atomic mass is 9.99. The summed E-state index contributed by atoms with van der Waals surface area (Å²) in [7, 11) is 0. The Morgan fingerprint density at radius 3 is 2.80 bits per heavy atom. The predicted octanol–water partition coefficient (Wildman–Crippen LogP) is 4.22. The zero-order chi connectivity index (χ0) is 14.1. The molecule has 0 amide bonds. The van der Waals surface area contributed by atoms with Crippen molar-refractivity contribution in [3.8, 4) is 5.75 Å². The minimum Gasteiger partial charge on any atom is -0.508 e. The summed E-state index contributed by atoms with van der Waals surface area (Å²) in [5.41, 5.74) is 3.61. The standard InChI is InChI=1S/C16H14ClNO2/c1-10-8-11(6-7-15(10)19)14-9-16(20-18-14)12-4-2-3-5-13(12)17/h2-8,16,19H,9H2,1H3. The molecule has 0 aliphatic carbocycles. The summed E-state index contributed by atoms with van der Waals surface area (Å²) in [6.07, 6.45) is 0.529. The molecular formula is C16H14ClNO2. The first-order chi connectivity index (χ1) is 9.65. The second-order valence-electron chi connectivity index (χ2n) is 4.86. The molecule has 3 nitrogen and oxygen atoms in total. The summed E-state index contributed by atoms with van der Waals surface area (Å²) in [5.74, 6) is 0.288. The summed E-state index contributed by atoms with van der Waals surface area (Å²) in [4.78, 5) is 5.50. The maximum atomic E-state index is 9.56. The third-order valence-corrected chi connectivity index (χ3v) is 3.80. The van der Waals surface area contributed by atoms with E-state index in [4.69, 9.17) is 16.4 Å². The minimum absolute atomic E-state index is 0.146. The van der Waals surface area contributed by atoms with Crippen molar-refractivity contribution in [1.29, 1.82) is 0 Å². The molecule has 3 rings (SSSR count). The van der Waals surface area contributed by atoms with E-state index in [1.165, 1.54) is 0 Å². The highest BCUT2D eigenvalue weighted by atomic mass is 35.5. The van der Waals surface area contributed by atoms with Crippen LogP contribution in [-0.2, 0) is 4.84 Å². The van der Waals surface area contributed by atoms with E-state index in [-0.39, 0.29) is 11.9 Å². The highest BCUT2D eigenvalue weighted by Gasteiger charge is 2.25. The highest BCUT2D eigenvalue weighted by Crippen LogP contribution is 2.34. The Balaban J connectivity index is 1.82. The number of aryl methyl sites for hydroxylation is 1. The van der Waals surface area contributed by atoms with Gasteiger partial charge in [-0.15, -0.1) is 0 Å². The molecule has 1 N–H and O–H groups in total. The zero-order valence-corrected chi connectivity index (χ0v) is 11.8. The van der Waals surface area contributed by atoms with Crippen molar-refractivity contribution in [2.75, 3.05) is 0 Å². The van der Waals surface area contributed by atoms with Crippen LogP contribution in [-0.4, -0.2) is 10.8 Å². The lowest BCUT2D eigenvalue weighted by Gasteiger charge is -2.10. The average molecular weight is 288 g/mol. The molecule has 2 aromatic carbocycles. The Hall–Kier alpha value is -2.00. The van der Waals surface area contributed by atoms with Crippen molar-refractivity contribution in [3.63, 3.8) is 0 Å². The van der Waals surface area contributed by atoms with E-state index < -0.39 is 0 Å². The van der Waals surface area contributed by atoms with Crippen molar-refractivity contribution < 1.29 is 9.94 Å². The van der Waals surface area contributed by atoms with Gasteiger partial charge in [0.2, 0.25) is 0 Å². The fourth-order valence-electron chi connectivity index (χ4n) is 2.29. The maximum Gasteiger partial charge on any atom is 0.159 e. The van der Waals surface area contributed by atoms with E-state index in [1.807, 2.05) is 43.3 Å². The lowest BCUT2D eigenvalue weighted by Crippen LogP contribution is -2.02. The molecular weight excluding hydrogens is 274 g/mol. The molecule has 2 aromatic rings. The summed E-state index contributed by atoms with van der Waals surface area (Å²) < 4.78 is 0. The summed E-state index contributed by atoms with van der Waals surface area (Å²) in [6.45, 7) is 1.86. The van der Waals surface area contributed by atoms with Crippen LogP contribution in [0.1, 0.15) is 29.2 Å². The number of aromatic hydroxyl groups is 1. The van der Waals surface area contributed by atoms with Gasteiger partial charge in [0.25, 0.3) is 0 Å². The van der Waals surface area contributed by atoms with Gasteiger partial charge in [-0.2, -0.15) is 0 Å². The summed E-state index contributed by atoms with van der Waals surface area (Å²) in [5, 5.41) is 14.4. The number of halogens is 1. The molecule has 102 valence electrons. The van der Waals surface area contributed by atoms with Crippen LogP contribution >= 0.6 is 11.6 Å². The topological polar surface area (TPSA) is 41.8 Å². The average Bonchev–Trinajstić information content (AvgIpc) is 2.92. The first kappa shape index (κ1) is 13.0. The van der Waals surface area contributed by atoms with E-state index in [0.29, 0.717) is 11.4 Å². The van der Waals surface area contributed by atoms with Crippen molar-refractivity contribution in [1.82, 2.24) is 0 Å². The number of phenols is 1. The molecule has 4 heteroatoms. The minimum atomic E-state index is -0.146. The van der Waals surface area contributed by atoms with Crippen LogP contribution in [0.5, 0.6) is 5.75 Å². The number of benzene rings is 2. The van der Waals surface area contributed by atoms with Gasteiger partial charge in [0, 0.05) is 17.0 Å². The summed E-state index contributed by atoms with van der Waals surface area (Å²) >= 11 is 6.18. The Morgan fingerprint density at radius 1 is 1.25 bits per heavy atom. The van der Waals surface area contributed by atoms with Crippen LogP contribution < -0.4 is 0 Å². The number of hydrogen-bond donors (Lipinski definition) is 1. The number of oxime groups is 1. The number of hydrogen-bond acceptors (Lipinski definition) is 3. The fraction of sp³-hybridized carbons (Fsp3) is 0.188. The van der Waals surface area contributed by atoms with Gasteiger partial charge in [-0.3, -0.25) is 0 Å². The molecule has 0 saturated heterocycles. The highest BCUT2D eigenvalue weighted by molar-refractivity contribution is 6.31. The number of nitrogens with zero attached hydrogens (tertiary/aromatic N) is 1. The zero-order valence-electron chi connectivity index (χ0n) is 11.0. The smallest absolute Gasteiger partial charge is 0.159 e. The Labute approximate surface area is 122 Å². The van der Waals surface area contributed by atoms with Gasteiger partial charge in [0.1, 0.15) is 5.75 Å². The van der Waals surface area contributed by atoms with E-state index >= 15 is 0 Å².